The van der Waals surface area contributed by atoms with Gasteiger partial charge >= 0.3 is 126 Å². The molecule has 2 aromatic rings. The van der Waals surface area contributed by atoms with Gasteiger partial charge in [0, 0.05) is 0 Å². The second-order valence-electron chi connectivity index (χ2n) is 5.10. The van der Waals surface area contributed by atoms with Gasteiger partial charge in [0.15, 0.2) is 0 Å². The van der Waals surface area contributed by atoms with Crippen LogP contribution in [0.3, 0.4) is 0 Å². The van der Waals surface area contributed by atoms with Crippen molar-refractivity contribution in [2.75, 3.05) is 6.61 Å². The van der Waals surface area contributed by atoms with E-state index in [1.54, 1.807) is 0 Å². The van der Waals surface area contributed by atoms with Crippen LogP contribution in [0.15, 0.2) is 0 Å². The van der Waals surface area contributed by atoms with Gasteiger partial charge in [0.2, 0.25) is 0 Å². The van der Waals surface area contributed by atoms with Gasteiger partial charge in [-0.1, -0.05) is 0 Å². The Morgan fingerprint density at radius 2 is 2.05 bits per heavy atom. The fourth-order valence-corrected chi connectivity index (χ4v) is 5.61. The summed E-state index contributed by atoms with van der Waals surface area (Å²) in [7, 11) is 0. The normalized spacial score (nSPS) is 13.1. The molecule has 2 heterocycles. The molecule has 4 heteroatoms. The molecule has 0 aliphatic heterocycles. The Kier molecular flexibility index (Phi) is 5.49. The van der Waals surface area contributed by atoms with Crippen LogP contribution in [0.2, 0.25) is 0 Å². The number of aromatic nitrogens is 1. The molecule has 0 saturated carbocycles. The van der Waals surface area contributed by atoms with Crippen LogP contribution in [-0.4, -0.2) is 26.1 Å². The summed E-state index contributed by atoms with van der Waals surface area (Å²) in [5.74, 6) is 0.693. The average molecular weight is 344 g/mol. The van der Waals surface area contributed by atoms with Crippen LogP contribution in [0.4, 0.5) is 0 Å². The summed E-state index contributed by atoms with van der Waals surface area (Å²) >= 11 is 2.17. The molecule has 0 spiro atoms. The fraction of sp³-hybridized carbons (Fsp3) is 0.667. The van der Waals surface area contributed by atoms with E-state index in [0.29, 0.717) is 20.4 Å². The molecule has 0 N–H and O–H groups in total. The van der Waals surface area contributed by atoms with Crippen molar-refractivity contribution in [1.82, 2.24) is 4.98 Å². The van der Waals surface area contributed by atoms with Crippen LogP contribution < -0.4 is 4.74 Å². The van der Waals surface area contributed by atoms with Gasteiger partial charge in [-0.2, -0.15) is 0 Å². The van der Waals surface area contributed by atoms with Crippen LogP contribution in [0, 0.1) is 19.8 Å². The molecule has 0 radical (unpaired) electrons. The Hall–Kier alpha value is -0.311. The molecule has 2 rings (SSSR count). The monoisotopic (exact) mass is 345 g/mol. The maximum atomic E-state index is 5.99. The summed E-state index contributed by atoms with van der Waals surface area (Å²) in [6.45, 7) is 9.72. The second kappa shape index (κ2) is 6.92. The quantitative estimate of drug-likeness (QED) is 0.687. The predicted octanol–water partition coefficient (Wildman–Crippen LogP) is 4.57. The SMILES string of the molecule is CCCCC(CC)COc1nc2c(C)sc(C)c2[se]1. The Morgan fingerprint density at radius 3 is 2.68 bits per heavy atom. The maximum absolute atomic E-state index is 5.99. The van der Waals surface area contributed by atoms with Gasteiger partial charge in [0.1, 0.15) is 0 Å². The molecule has 0 aromatic carbocycles. The summed E-state index contributed by atoms with van der Waals surface area (Å²) in [4.78, 5) is 7.45. The van der Waals surface area contributed by atoms with Crippen LogP contribution >= 0.6 is 11.3 Å². The van der Waals surface area contributed by atoms with E-state index in [1.807, 2.05) is 11.3 Å². The number of aryl methyl sites for hydroxylation is 2. The molecule has 0 aliphatic carbocycles. The first kappa shape index (κ1) is 15.1. The Balaban J connectivity index is 1.99. The molecule has 2 aromatic heterocycles. The Bertz CT molecular complexity index is 497. The van der Waals surface area contributed by atoms with Gasteiger partial charge in [0.05, 0.1) is 0 Å². The Morgan fingerprint density at radius 1 is 1.26 bits per heavy atom. The van der Waals surface area contributed by atoms with Crippen molar-refractivity contribution >= 4 is 35.6 Å². The zero-order chi connectivity index (χ0) is 13.8. The predicted molar refractivity (Wildman–Crippen MR) is 84.8 cm³/mol. The van der Waals surface area contributed by atoms with E-state index in [0.717, 1.165) is 11.4 Å². The number of hydrogen-bond acceptors (Lipinski definition) is 3. The molecule has 0 fully saturated rings. The molecule has 1 atom stereocenters. The fourth-order valence-electron chi connectivity index (χ4n) is 2.25. The van der Waals surface area contributed by atoms with Crippen molar-refractivity contribution in [3.63, 3.8) is 0 Å². The van der Waals surface area contributed by atoms with Crippen LogP contribution in [0.5, 0.6) is 4.75 Å². The van der Waals surface area contributed by atoms with Crippen molar-refractivity contribution in [3.8, 4) is 4.75 Å². The minimum atomic E-state index is 0.299. The van der Waals surface area contributed by atoms with Gasteiger partial charge in [-0.15, -0.1) is 0 Å². The second-order valence-corrected chi connectivity index (χ2v) is 8.55. The van der Waals surface area contributed by atoms with E-state index < -0.39 is 0 Å². The van der Waals surface area contributed by atoms with Crippen molar-refractivity contribution < 1.29 is 4.74 Å². The first-order valence-corrected chi connectivity index (χ1v) is 9.68. The van der Waals surface area contributed by atoms with Crippen molar-refractivity contribution in [1.29, 1.82) is 0 Å². The molecule has 2 nitrogen and oxygen atoms in total. The number of fused-ring (bicyclic) bond motifs is 1. The van der Waals surface area contributed by atoms with Crippen molar-refractivity contribution in [2.45, 2.75) is 53.4 Å². The van der Waals surface area contributed by atoms with Gasteiger partial charge < -0.3 is 0 Å². The molecule has 0 saturated heterocycles. The standard InChI is InChI=1S/C15H23NOSSe/c1-5-7-8-12(6-2)9-17-15-16-13-10(3)18-11(4)14(13)19-15/h12H,5-9H2,1-4H3. The first-order valence-electron chi connectivity index (χ1n) is 7.15. The first-order chi connectivity index (χ1) is 9.15. The van der Waals surface area contributed by atoms with Gasteiger partial charge in [-0.3, -0.25) is 0 Å². The molecule has 106 valence electrons. The number of ether oxygens (including phenoxy) is 1. The third-order valence-electron chi connectivity index (χ3n) is 3.55. The number of thiophene rings is 1. The number of hydrogen-bond donors (Lipinski definition) is 0. The molecule has 1 unspecified atom stereocenters. The van der Waals surface area contributed by atoms with Crippen LogP contribution in [0.1, 0.15) is 49.3 Å². The van der Waals surface area contributed by atoms with Crippen LogP contribution in [0.25, 0.3) is 9.78 Å². The Labute approximate surface area is 125 Å². The molecule has 0 aliphatic rings. The number of nitrogens with zero attached hydrogens (tertiary/aromatic N) is 1. The zero-order valence-corrected chi connectivity index (χ0v) is 14.8. The molecule has 0 amide bonds. The van der Waals surface area contributed by atoms with Gasteiger partial charge in [0.25, 0.3) is 0 Å². The van der Waals surface area contributed by atoms with Gasteiger partial charge in [-0.05, 0) is 0 Å². The molecule has 0 bridgehead atoms. The number of rotatable bonds is 7. The van der Waals surface area contributed by atoms with Gasteiger partial charge in [-0.25, -0.2) is 0 Å². The van der Waals surface area contributed by atoms with E-state index in [4.69, 9.17) is 9.72 Å². The summed E-state index contributed by atoms with van der Waals surface area (Å²) in [6, 6.07) is 0. The van der Waals surface area contributed by atoms with Crippen LogP contribution in [-0.2, 0) is 0 Å². The summed E-state index contributed by atoms with van der Waals surface area (Å²) < 4.78 is 8.43. The van der Waals surface area contributed by atoms with E-state index in [-0.39, 0.29) is 0 Å². The van der Waals surface area contributed by atoms with Crippen molar-refractivity contribution in [2.24, 2.45) is 5.92 Å². The molecular formula is C15H23NOSSe. The van der Waals surface area contributed by atoms with E-state index in [2.05, 4.69) is 27.7 Å². The third kappa shape index (κ3) is 3.62. The van der Waals surface area contributed by atoms with E-state index in [9.17, 15) is 0 Å². The third-order valence-corrected chi connectivity index (χ3v) is 7.14. The average Bonchev–Trinajstić information content (AvgIpc) is 2.92. The van der Waals surface area contributed by atoms with Crippen molar-refractivity contribution in [3.05, 3.63) is 9.75 Å². The molecular weight excluding hydrogens is 321 g/mol. The zero-order valence-electron chi connectivity index (χ0n) is 12.3. The minimum absolute atomic E-state index is 0.299. The summed E-state index contributed by atoms with van der Waals surface area (Å²) in [6.07, 6.45) is 5.08. The molecule has 19 heavy (non-hydrogen) atoms. The topological polar surface area (TPSA) is 22.1 Å². The summed E-state index contributed by atoms with van der Waals surface area (Å²) in [5, 5.41) is 0. The summed E-state index contributed by atoms with van der Waals surface area (Å²) in [5.41, 5.74) is 1.21. The van der Waals surface area contributed by atoms with E-state index in [1.165, 1.54) is 45.2 Å². The number of unbranched alkanes of at least 4 members (excludes halogenated alkanes) is 1. The van der Waals surface area contributed by atoms with E-state index >= 15 is 0 Å².